The van der Waals surface area contributed by atoms with Crippen molar-refractivity contribution < 1.29 is 17.9 Å². The lowest BCUT2D eigenvalue weighted by molar-refractivity contribution is 0.261. The summed E-state index contributed by atoms with van der Waals surface area (Å²) in [5.74, 6) is 1.74. The van der Waals surface area contributed by atoms with Gasteiger partial charge in [-0.2, -0.15) is 0 Å². The van der Waals surface area contributed by atoms with Crippen LogP contribution in [0, 0.1) is 0 Å². The first-order valence-corrected chi connectivity index (χ1v) is 11.9. The molecule has 2 aromatic carbocycles. The van der Waals surface area contributed by atoms with E-state index in [9.17, 15) is 8.42 Å². The maximum atomic E-state index is 12.3. The van der Waals surface area contributed by atoms with E-state index in [2.05, 4.69) is 20.6 Å². The Hall–Kier alpha value is -2.29. The molecule has 1 saturated heterocycles. The Morgan fingerprint density at radius 3 is 2.30 bits per heavy atom. The highest BCUT2D eigenvalue weighted by Gasteiger charge is 2.19. The smallest absolute Gasteiger partial charge is 0.211 e. The fraction of sp³-hybridized carbons (Fsp3) is 0.455. The van der Waals surface area contributed by atoms with Crippen molar-refractivity contribution in [1.29, 1.82) is 0 Å². The molecule has 3 rings (SSSR count). The van der Waals surface area contributed by atoms with Crippen LogP contribution >= 0.6 is 0 Å². The monoisotopic (exact) mass is 433 g/mol. The summed E-state index contributed by atoms with van der Waals surface area (Å²) in [4.78, 5) is 4.60. The quantitative estimate of drug-likeness (QED) is 0.618. The van der Waals surface area contributed by atoms with E-state index in [1.807, 2.05) is 42.5 Å². The third kappa shape index (κ3) is 6.35. The first-order valence-electron chi connectivity index (χ1n) is 10.2. The standard InChI is InChI=1S/C22H31N3O4S/c1-28-20-9-7-19(8-10-20)11-18-30(26,27)23-12-13-24-14-16-25(17-15-24)21-5-3-4-6-22(21)29-2/h3-10,23H,11-18H2,1-2H3. The normalized spacial score (nSPS) is 15.2. The number of hydrogen-bond acceptors (Lipinski definition) is 6. The predicted octanol–water partition coefficient (Wildman–Crippen LogP) is 1.99. The number of aryl methyl sites for hydroxylation is 1. The summed E-state index contributed by atoms with van der Waals surface area (Å²) < 4.78 is 37.9. The first kappa shape index (κ1) is 22.4. The van der Waals surface area contributed by atoms with Gasteiger partial charge >= 0.3 is 0 Å². The van der Waals surface area contributed by atoms with Crippen LogP contribution in [0.4, 0.5) is 5.69 Å². The van der Waals surface area contributed by atoms with Crippen molar-refractivity contribution >= 4 is 15.7 Å². The number of nitrogens with zero attached hydrogens (tertiary/aromatic N) is 2. The predicted molar refractivity (Wildman–Crippen MR) is 120 cm³/mol. The van der Waals surface area contributed by atoms with Crippen LogP contribution in [0.2, 0.25) is 0 Å². The molecule has 0 radical (unpaired) electrons. The number of nitrogens with one attached hydrogen (secondary N) is 1. The maximum absolute atomic E-state index is 12.3. The van der Waals surface area contributed by atoms with Crippen LogP contribution in [0.25, 0.3) is 0 Å². The molecule has 30 heavy (non-hydrogen) atoms. The molecule has 0 aromatic heterocycles. The summed E-state index contributed by atoms with van der Waals surface area (Å²) in [7, 11) is 0.00928. The Morgan fingerprint density at radius 2 is 1.63 bits per heavy atom. The minimum atomic E-state index is -3.29. The van der Waals surface area contributed by atoms with Gasteiger partial charge in [-0.15, -0.1) is 0 Å². The summed E-state index contributed by atoms with van der Waals surface area (Å²) in [5, 5.41) is 0. The van der Waals surface area contributed by atoms with Crippen LogP contribution in [-0.2, 0) is 16.4 Å². The fourth-order valence-corrected chi connectivity index (χ4v) is 4.63. The van der Waals surface area contributed by atoms with Gasteiger partial charge in [0.2, 0.25) is 10.0 Å². The topological polar surface area (TPSA) is 71.1 Å². The molecule has 8 heteroatoms. The van der Waals surface area contributed by atoms with Gasteiger partial charge in [0, 0.05) is 39.3 Å². The van der Waals surface area contributed by atoms with Gasteiger partial charge in [0.25, 0.3) is 0 Å². The van der Waals surface area contributed by atoms with Crippen molar-refractivity contribution in [1.82, 2.24) is 9.62 Å². The molecule has 2 aromatic rings. The summed E-state index contributed by atoms with van der Waals surface area (Å²) in [6, 6.07) is 15.5. The summed E-state index contributed by atoms with van der Waals surface area (Å²) >= 11 is 0. The van der Waals surface area contributed by atoms with E-state index >= 15 is 0 Å². The Bertz CT molecular complexity index is 895. The maximum Gasteiger partial charge on any atom is 0.211 e. The number of para-hydroxylation sites is 2. The summed E-state index contributed by atoms with van der Waals surface area (Å²) in [5.41, 5.74) is 2.09. The molecule has 1 fully saturated rings. The van der Waals surface area contributed by atoms with E-state index in [0.29, 0.717) is 19.5 Å². The second kappa shape index (κ2) is 10.7. The second-order valence-corrected chi connectivity index (χ2v) is 9.24. The molecule has 164 valence electrons. The van der Waals surface area contributed by atoms with Crippen molar-refractivity contribution in [2.45, 2.75) is 6.42 Å². The highest BCUT2D eigenvalue weighted by atomic mass is 32.2. The number of sulfonamides is 1. The molecule has 1 N–H and O–H groups in total. The van der Waals surface area contributed by atoms with Gasteiger partial charge in [0.1, 0.15) is 11.5 Å². The number of ether oxygens (including phenoxy) is 2. The molecular weight excluding hydrogens is 402 g/mol. The van der Waals surface area contributed by atoms with Crippen LogP contribution in [0.1, 0.15) is 5.56 Å². The molecule has 0 spiro atoms. The number of rotatable bonds is 10. The van der Waals surface area contributed by atoms with Crippen LogP contribution in [-0.4, -0.2) is 72.6 Å². The van der Waals surface area contributed by atoms with E-state index in [1.54, 1.807) is 14.2 Å². The minimum absolute atomic E-state index is 0.0842. The average molecular weight is 434 g/mol. The Balaban J connectivity index is 1.38. The van der Waals surface area contributed by atoms with E-state index < -0.39 is 10.0 Å². The van der Waals surface area contributed by atoms with E-state index in [4.69, 9.17) is 9.47 Å². The lowest BCUT2D eigenvalue weighted by Gasteiger charge is -2.36. The van der Waals surface area contributed by atoms with Gasteiger partial charge in [0.05, 0.1) is 25.7 Å². The van der Waals surface area contributed by atoms with Gasteiger partial charge in [-0.05, 0) is 36.2 Å². The number of methoxy groups -OCH3 is 2. The van der Waals surface area contributed by atoms with E-state index in [1.165, 1.54) is 0 Å². The van der Waals surface area contributed by atoms with Crippen LogP contribution in [0.5, 0.6) is 11.5 Å². The SMILES string of the molecule is COc1ccc(CCS(=O)(=O)NCCN2CCN(c3ccccc3OC)CC2)cc1. The number of hydrogen-bond donors (Lipinski definition) is 1. The largest absolute Gasteiger partial charge is 0.497 e. The third-order valence-electron chi connectivity index (χ3n) is 5.37. The van der Waals surface area contributed by atoms with Crippen LogP contribution in [0.15, 0.2) is 48.5 Å². The zero-order valence-electron chi connectivity index (χ0n) is 17.7. The van der Waals surface area contributed by atoms with Crippen LogP contribution in [0.3, 0.4) is 0 Å². The van der Waals surface area contributed by atoms with Gasteiger partial charge in [-0.25, -0.2) is 13.1 Å². The fourth-order valence-electron chi connectivity index (χ4n) is 3.58. The van der Waals surface area contributed by atoms with E-state index in [0.717, 1.165) is 48.9 Å². The van der Waals surface area contributed by atoms with Gasteiger partial charge < -0.3 is 14.4 Å². The number of benzene rings is 2. The number of anilines is 1. The lowest BCUT2D eigenvalue weighted by Crippen LogP contribution is -2.48. The van der Waals surface area contributed by atoms with Crippen molar-refractivity contribution in [2.75, 3.05) is 64.1 Å². The zero-order valence-corrected chi connectivity index (χ0v) is 18.5. The highest BCUT2D eigenvalue weighted by Crippen LogP contribution is 2.28. The molecule has 1 aliphatic rings. The number of piperazine rings is 1. The molecule has 0 bridgehead atoms. The Labute approximate surface area is 179 Å². The lowest BCUT2D eigenvalue weighted by atomic mass is 10.2. The van der Waals surface area contributed by atoms with Crippen LogP contribution < -0.4 is 19.1 Å². The third-order valence-corrected chi connectivity index (χ3v) is 6.75. The highest BCUT2D eigenvalue weighted by molar-refractivity contribution is 7.89. The first-order chi connectivity index (χ1) is 14.5. The molecule has 1 heterocycles. The second-order valence-electron chi connectivity index (χ2n) is 7.31. The Morgan fingerprint density at radius 1 is 0.933 bits per heavy atom. The molecule has 0 saturated carbocycles. The Kier molecular flexibility index (Phi) is 7.95. The molecule has 1 aliphatic heterocycles. The minimum Gasteiger partial charge on any atom is -0.497 e. The molecule has 7 nitrogen and oxygen atoms in total. The van der Waals surface area contributed by atoms with Gasteiger partial charge in [-0.1, -0.05) is 24.3 Å². The average Bonchev–Trinajstić information content (AvgIpc) is 2.78. The zero-order chi connectivity index (χ0) is 21.4. The summed E-state index contributed by atoms with van der Waals surface area (Å²) in [6.07, 6.45) is 0.483. The van der Waals surface area contributed by atoms with Crippen molar-refractivity contribution in [3.63, 3.8) is 0 Å². The molecule has 0 amide bonds. The molecule has 0 unspecified atom stereocenters. The van der Waals surface area contributed by atoms with Gasteiger partial charge in [0.15, 0.2) is 0 Å². The molecule has 0 aliphatic carbocycles. The van der Waals surface area contributed by atoms with Crippen molar-refractivity contribution in [2.24, 2.45) is 0 Å². The molecular formula is C22H31N3O4S. The van der Waals surface area contributed by atoms with Crippen molar-refractivity contribution in [3.05, 3.63) is 54.1 Å². The van der Waals surface area contributed by atoms with Crippen molar-refractivity contribution in [3.8, 4) is 11.5 Å². The molecule has 0 atom stereocenters. The van der Waals surface area contributed by atoms with Gasteiger partial charge in [-0.3, -0.25) is 4.90 Å². The van der Waals surface area contributed by atoms with E-state index in [-0.39, 0.29) is 5.75 Å². The summed E-state index contributed by atoms with van der Waals surface area (Å²) in [6.45, 7) is 4.72.